The highest BCUT2D eigenvalue weighted by atomic mass is 19.4. The predicted octanol–water partition coefficient (Wildman–Crippen LogP) is 3.71. The third kappa shape index (κ3) is 5.93. The van der Waals surface area contributed by atoms with Crippen LogP contribution in [0.25, 0.3) is 5.65 Å². The Labute approximate surface area is 193 Å². The Balaban J connectivity index is 0.000000406. The summed E-state index contributed by atoms with van der Waals surface area (Å²) in [5.74, 6) is -2.11. The lowest BCUT2D eigenvalue weighted by Crippen LogP contribution is -2.25. The Morgan fingerprint density at radius 1 is 1.32 bits per heavy atom. The van der Waals surface area contributed by atoms with E-state index in [2.05, 4.69) is 10.00 Å². The van der Waals surface area contributed by atoms with E-state index in [1.807, 2.05) is 25.3 Å². The largest absolute Gasteiger partial charge is 0.490 e. The van der Waals surface area contributed by atoms with Crippen LogP contribution in [-0.2, 0) is 11.2 Å². The van der Waals surface area contributed by atoms with Crippen LogP contribution in [0, 0.1) is 5.82 Å². The number of benzene rings is 1. The molecule has 1 aliphatic heterocycles. The molecule has 0 spiro atoms. The molecule has 2 aromatic heterocycles. The van der Waals surface area contributed by atoms with Gasteiger partial charge in [-0.15, -0.1) is 0 Å². The summed E-state index contributed by atoms with van der Waals surface area (Å²) < 4.78 is 47.5. The molecule has 0 amide bonds. The minimum Gasteiger partial charge on any atom is -0.475 e. The van der Waals surface area contributed by atoms with Crippen LogP contribution in [0.1, 0.15) is 43.4 Å². The lowest BCUT2D eigenvalue weighted by atomic mass is 9.94. The normalized spacial score (nSPS) is 16.9. The van der Waals surface area contributed by atoms with E-state index >= 15 is 0 Å². The molecule has 0 unspecified atom stereocenters. The third-order valence-corrected chi connectivity index (χ3v) is 5.51. The quantitative estimate of drug-likeness (QED) is 0.474. The summed E-state index contributed by atoms with van der Waals surface area (Å²) in [5.41, 5.74) is 15.3. The Bertz CT molecular complexity index is 1150. The van der Waals surface area contributed by atoms with Crippen LogP contribution >= 0.6 is 0 Å². The van der Waals surface area contributed by atoms with Crippen molar-refractivity contribution in [2.24, 2.45) is 5.73 Å². The summed E-state index contributed by atoms with van der Waals surface area (Å²) in [6, 6.07) is 7.27. The molecule has 34 heavy (non-hydrogen) atoms. The highest BCUT2D eigenvalue weighted by Gasteiger charge is 2.38. The van der Waals surface area contributed by atoms with Gasteiger partial charge in [0, 0.05) is 18.8 Å². The van der Waals surface area contributed by atoms with E-state index in [1.165, 1.54) is 6.07 Å². The molecule has 5 N–H and O–H groups in total. The van der Waals surface area contributed by atoms with Gasteiger partial charge >= 0.3 is 12.1 Å². The molecule has 0 bridgehead atoms. The van der Waals surface area contributed by atoms with Gasteiger partial charge in [0.05, 0.1) is 17.9 Å². The van der Waals surface area contributed by atoms with E-state index in [1.54, 1.807) is 16.8 Å². The van der Waals surface area contributed by atoms with Gasteiger partial charge in [-0.2, -0.15) is 18.3 Å². The molecule has 3 aromatic rings. The SMILES string of the molecule is C[C@@H](N)CCc1ccc(F)cc1[C@H]1CCCN1c1ccn2ncc(N)c2n1.O=C(O)C(F)(F)F. The highest BCUT2D eigenvalue weighted by molar-refractivity contribution is 5.73. The minimum absolute atomic E-state index is 0.0999. The van der Waals surface area contributed by atoms with Crippen molar-refractivity contribution in [1.29, 1.82) is 0 Å². The molecule has 1 aliphatic rings. The van der Waals surface area contributed by atoms with Gasteiger partial charge < -0.3 is 21.5 Å². The molecule has 12 heteroatoms. The number of alkyl halides is 3. The predicted molar refractivity (Wildman–Crippen MR) is 119 cm³/mol. The van der Waals surface area contributed by atoms with Gasteiger partial charge in [-0.25, -0.2) is 18.7 Å². The van der Waals surface area contributed by atoms with Crippen molar-refractivity contribution in [3.63, 3.8) is 0 Å². The number of rotatable bonds is 5. The number of nitrogens with two attached hydrogens (primary N) is 2. The number of anilines is 2. The molecule has 3 heterocycles. The van der Waals surface area contributed by atoms with E-state index in [0.717, 1.165) is 49.2 Å². The Hall–Kier alpha value is -3.41. The number of aryl methyl sites for hydroxylation is 1. The van der Waals surface area contributed by atoms with Crippen molar-refractivity contribution in [3.05, 3.63) is 53.6 Å². The topological polar surface area (TPSA) is 123 Å². The fourth-order valence-corrected chi connectivity index (χ4v) is 3.89. The fourth-order valence-electron chi connectivity index (χ4n) is 3.89. The number of carbonyl (C=O) groups is 1. The second-order valence-corrected chi connectivity index (χ2v) is 8.17. The van der Waals surface area contributed by atoms with E-state index in [9.17, 15) is 17.6 Å². The first kappa shape index (κ1) is 25.2. The number of aromatic nitrogens is 3. The van der Waals surface area contributed by atoms with Crippen molar-refractivity contribution in [2.75, 3.05) is 17.2 Å². The van der Waals surface area contributed by atoms with Crippen molar-refractivity contribution < 1.29 is 27.5 Å². The van der Waals surface area contributed by atoms with Crippen molar-refractivity contribution in [1.82, 2.24) is 14.6 Å². The number of fused-ring (bicyclic) bond motifs is 1. The van der Waals surface area contributed by atoms with Crippen molar-refractivity contribution in [3.8, 4) is 0 Å². The summed E-state index contributed by atoms with van der Waals surface area (Å²) in [7, 11) is 0. The van der Waals surface area contributed by atoms with Crippen LogP contribution < -0.4 is 16.4 Å². The number of nitrogens with zero attached hydrogens (tertiary/aromatic N) is 4. The van der Waals surface area contributed by atoms with Crippen LogP contribution in [0.5, 0.6) is 0 Å². The maximum atomic E-state index is 14.1. The molecule has 8 nitrogen and oxygen atoms in total. The first-order valence-electron chi connectivity index (χ1n) is 10.7. The van der Waals surface area contributed by atoms with Gasteiger partial charge in [-0.1, -0.05) is 6.07 Å². The number of halogens is 4. The second kappa shape index (κ2) is 10.2. The average molecular weight is 482 g/mol. The monoisotopic (exact) mass is 482 g/mol. The average Bonchev–Trinajstić information content (AvgIpc) is 3.39. The van der Waals surface area contributed by atoms with Crippen LogP contribution in [0.3, 0.4) is 0 Å². The van der Waals surface area contributed by atoms with E-state index in [4.69, 9.17) is 26.4 Å². The van der Waals surface area contributed by atoms with Crippen molar-refractivity contribution >= 4 is 23.1 Å². The third-order valence-electron chi connectivity index (χ3n) is 5.51. The summed E-state index contributed by atoms with van der Waals surface area (Å²) in [5, 5.41) is 11.3. The molecule has 184 valence electrons. The Kier molecular flexibility index (Phi) is 7.60. The maximum absolute atomic E-state index is 14.1. The maximum Gasteiger partial charge on any atom is 0.490 e. The smallest absolute Gasteiger partial charge is 0.475 e. The molecule has 0 radical (unpaired) electrons. The van der Waals surface area contributed by atoms with E-state index < -0.39 is 12.1 Å². The molecule has 0 saturated carbocycles. The molecule has 1 fully saturated rings. The Morgan fingerprint density at radius 3 is 2.68 bits per heavy atom. The molecule has 1 saturated heterocycles. The van der Waals surface area contributed by atoms with Gasteiger partial charge in [-0.05, 0) is 61.9 Å². The number of hydrogen-bond donors (Lipinski definition) is 3. The zero-order valence-corrected chi connectivity index (χ0v) is 18.5. The number of carboxylic acids is 1. The zero-order chi connectivity index (χ0) is 25.0. The molecular weight excluding hydrogens is 456 g/mol. The van der Waals surface area contributed by atoms with Crippen LogP contribution in [0.2, 0.25) is 0 Å². The summed E-state index contributed by atoms with van der Waals surface area (Å²) in [4.78, 5) is 15.8. The number of hydrogen-bond acceptors (Lipinski definition) is 6. The number of carboxylic acid groups (broad SMARTS) is 1. The van der Waals surface area contributed by atoms with Gasteiger partial charge in [0.2, 0.25) is 0 Å². The highest BCUT2D eigenvalue weighted by Crippen LogP contribution is 2.37. The lowest BCUT2D eigenvalue weighted by Gasteiger charge is -2.28. The molecule has 0 aliphatic carbocycles. The van der Waals surface area contributed by atoms with Crippen LogP contribution in [0.4, 0.5) is 29.1 Å². The summed E-state index contributed by atoms with van der Waals surface area (Å²) in [6.45, 7) is 2.88. The summed E-state index contributed by atoms with van der Waals surface area (Å²) in [6.07, 6.45) is 2.12. The molecule has 1 aromatic carbocycles. The number of aliphatic carboxylic acids is 1. The van der Waals surface area contributed by atoms with Crippen LogP contribution in [-0.4, -0.2) is 44.4 Å². The van der Waals surface area contributed by atoms with Crippen molar-refractivity contribution in [2.45, 2.75) is 50.9 Å². The minimum atomic E-state index is -5.08. The lowest BCUT2D eigenvalue weighted by molar-refractivity contribution is -0.192. The number of nitrogen functional groups attached to an aromatic ring is 1. The first-order chi connectivity index (χ1) is 16.0. The Morgan fingerprint density at radius 2 is 2.03 bits per heavy atom. The fraction of sp³-hybridized carbons (Fsp3) is 0.409. The van der Waals surface area contributed by atoms with Gasteiger partial charge in [0.25, 0.3) is 0 Å². The second-order valence-electron chi connectivity index (χ2n) is 8.17. The first-order valence-corrected chi connectivity index (χ1v) is 10.7. The molecular formula is C22H26F4N6O2. The van der Waals surface area contributed by atoms with Crippen LogP contribution in [0.15, 0.2) is 36.7 Å². The van der Waals surface area contributed by atoms with Gasteiger partial charge in [-0.3, -0.25) is 0 Å². The van der Waals surface area contributed by atoms with Gasteiger partial charge in [0.1, 0.15) is 11.6 Å². The molecule has 4 rings (SSSR count). The van der Waals surface area contributed by atoms with E-state index in [-0.39, 0.29) is 17.9 Å². The van der Waals surface area contributed by atoms with E-state index in [0.29, 0.717) is 11.3 Å². The molecule has 2 atom stereocenters. The summed E-state index contributed by atoms with van der Waals surface area (Å²) >= 11 is 0. The standard InChI is InChI=1S/C20H25FN6.C2HF3O2/c1-13(22)4-5-14-6-7-15(21)11-16(14)18-3-2-9-26(18)19-8-10-27-20(25-19)17(23)12-24-27;3-2(4,5)1(6)7/h6-8,10-13,18H,2-5,9,22-23H2,1H3;(H,6,7)/t13-,18-;/m1./s1. The zero-order valence-electron chi connectivity index (χ0n) is 18.5. The van der Waals surface area contributed by atoms with Gasteiger partial charge in [0.15, 0.2) is 5.65 Å².